The standard InChI is InChI=1S/C16H23NO3S/c1-4-19-16(20-5-2)11-21-14-6-7-15-13(10-14)8-9-17(15)12(3)18/h6-7,10,16H,4-5,8-9,11H2,1-3H3. The highest BCUT2D eigenvalue weighted by Gasteiger charge is 2.22. The van der Waals surface area contributed by atoms with E-state index in [4.69, 9.17) is 9.47 Å². The van der Waals surface area contributed by atoms with Gasteiger partial charge in [0.25, 0.3) is 0 Å². The van der Waals surface area contributed by atoms with Gasteiger partial charge in [0.2, 0.25) is 5.91 Å². The van der Waals surface area contributed by atoms with Crippen LogP contribution in [0.4, 0.5) is 5.69 Å². The molecule has 0 radical (unpaired) electrons. The Balaban J connectivity index is 1.98. The van der Waals surface area contributed by atoms with Crippen LogP contribution in [0.15, 0.2) is 23.1 Å². The average molecular weight is 309 g/mol. The highest BCUT2D eigenvalue weighted by molar-refractivity contribution is 7.99. The fourth-order valence-electron chi connectivity index (χ4n) is 2.48. The summed E-state index contributed by atoms with van der Waals surface area (Å²) in [6.07, 6.45) is 0.774. The summed E-state index contributed by atoms with van der Waals surface area (Å²) in [5.41, 5.74) is 2.30. The Hall–Kier alpha value is -1.04. The van der Waals surface area contributed by atoms with Crippen LogP contribution in [-0.4, -0.2) is 37.7 Å². The fraction of sp³-hybridized carbons (Fsp3) is 0.562. The minimum atomic E-state index is -0.160. The quantitative estimate of drug-likeness (QED) is 0.573. The number of fused-ring (bicyclic) bond motifs is 1. The number of hydrogen-bond donors (Lipinski definition) is 0. The maximum absolute atomic E-state index is 11.5. The van der Waals surface area contributed by atoms with E-state index in [1.165, 1.54) is 10.5 Å². The molecule has 1 amide bonds. The monoisotopic (exact) mass is 309 g/mol. The van der Waals surface area contributed by atoms with Crippen LogP contribution < -0.4 is 4.90 Å². The fourth-order valence-corrected chi connectivity index (χ4v) is 3.39. The minimum absolute atomic E-state index is 0.113. The van der Waals surface area contributed by atoms with Gasteiger partial charge in [0.05, 0.1) is 0 Å². The Bertz CT molecular complexity index is 486. The van der Waals surface area contributed by atoms with Crippen LogP contribution in [-0.2, 0) is 20.7 Å². The number of carbonyl (C=O) groups excluding carboxylic acids is 1. The topological polar surface area (TPSA) is 38.8 Å². The van der Waals surface area contributed by atoms with Crippen molar-refractivity contribution in [3.05, 3.63) is 23.8 Å². The van der Waals surface area contributed by atoms with E-state index in [1.54, 1.807) is 18.7 Å². The Morgan fingerprint density at radius 1 is 1.33 bits per heavy atom. The Kier molecular flexibility index (Phi) is 6.08. The second-order valence-corrected chi connectivity index (χ2v) is 5.96. The second-order valence-electron chi connectivity index (χ2n) is 4.86. The van der Waals surface area contributed by atoms with Gasteiger partial charge in [0.15, 0.2) is 6.29 Å². The predicted octanol–water partition coefficient (Wildman–Crippen LogP) is 3.09. The normalized spacial score (nSPS) is 13.8. The van der Waals surface area contributed by atoms with Crippen LogP contribution in [0.3, 0.4) is 0 Å². The van der Waals surface area contributed by atoms with E-state index in [2.05, 4.69) is 12.1 Å². The highest BCUT2D eigenvalue weighted by atomic mass is 32.2. The lowest BCUT2D eigenvalue weighted by Crippen LogP contribution is -2.25. The van der Waals surface area contributed by atoms with Crippen molar-refractivity contribution in [1.29, 1.82) is 0 Å². The lowest BCUT2D eigenvalue weighted by Gasteiger charge is -2.17. The van der Waals surface area contributed by atoms with Gasteiger partial charge in [-0.05, 0) is 44.0 Å². The van der Waals surface area contributed by atoms with E-state index in [1.807, 2.05) is 24.8 Å². The lowest BCUT2D eigenvalue weighted by molar-refractivity contribution is -0.120. The first-order valence-electron chi connectivity index (χ1n) is 7.42. The Labute approximate surface area is 130 Å². The summed E-state index contributed by atoms with van der Waals surface area (Å²) in [5, 5.41) is 0. The van der Waals surface area contributed by atoms with Gasteiger partial charge in [-0.25, -0.2) is 0 Å². The lowest BCUT2D eigenvalue weighted by atomic mass is 10.2. The summed E-state index contributed by atoms with van der Waals surface area (Å²) in [6, 6.07) is 6.29. The van der Waals surface area contributed by atoms with Crippen LogP contribution >= 0.6 is 11.8 Å². The zero-order chi connectivity index (χ0) is 15.2. The molecule has 0 saturated carbocycles. The van der Waals surface area contributed by atoms with Gasteiger partial charge in [-0.15, -0.1) is 11.8 Å². The van der Waals surface area contributed by atoms with Gasteiger partial charge < -0.3 is 14.4 Å². The number of anilines is 1. The first kappa shape index (κ1) is 16.3. The third-order valence-corrected chi connectivity index (χ3v) is 4.44. The zero-order valence-corrected chi connectivity index (χ0v) is 13.7. The molecular formula is C16H23NO3S. The molecule has 0 unspecified atom stereocenters. The first-order chi connectivity index (χ1) is 10.2. The number of rotatable bonds is 7. The number of thioether (sulfide) groups is 1. The first-order valence-corrected chi connectivity index (χ1v) is 8.41. The zero-order valence-electron chi connectivity index (χ0n) is 12.9. The molecule has 0 spiro atoms. The summed E-state index contributed by atoms with van der Waals surface area (Å²) in [7, 11) is 0. The summed E-state index contributed by atoms with van der Waals surface area (Å²) < 4.78 is 11.1. The smallest absolute Gasteiger partial charge is 0.223 e. The van der Waals surface area contributed by atoms with Crippen LogP contribution in [0.25, 0.3) is 0 Å². The van der Waals surface area contributed by atoms with Gasteiger partial charge in [0, 0.05) is 43.0 Å². The molecule has 1 heterocycles. The minimum Gasteiger partial charge on any atom is -0.352 e. The molecule has 0 bridgehead atoms. The molecule has 0 aliphatic carbocycles. The van der Waals surface area contributed by atoms with Crippen molar-refractivity contribution in [3.8, 4) is 0 Å². The van der Waals surface area contributed by atoms with E-state index in [0.717, 1.165) is 24.4 Å². The molecule has 0 fully saturated rings. The Morgan fingerprint density at radius 3 is 2.67 bits per heavy atom. The molecule has 0 saturated heterocycles. The Morgan fingerprint density at radius 2 is 2.05 bits per heavy atom. The SMILES string of the molecule is CCOC(CSc1ccc2c(c1)CCN2C(C)=O)OCC. The molecule has 1 aromatic rings. The summed E-state index contributed by atoms with van der Waals surface area (Å²) in [5.74, 6) is 0.888. The third kappa shape index (κ3) is 4.22. The maximum atomic E-state index is 11.5. The maximum Gasteiger partial charge on any atom is 0.223 e. The van der Waals surface area contributed by atoms with Crippen LogP contribution in [0.1, 0.15) is 26.3 Å². The van der Waals surface area contributed by atoms with Gasteiger partial charge >= 0.3 is 0 Å². The van der Waals surface area contributed by atoms with Crippen molar-refractivity contribution in [2.24, 2.45) is 0 Å². The van der Waals surface area contributed by atoms with E-state index < -0.39 is 0 Å². The highest BCUT2D eigenvalue weighted by Crippen LogP contribution is 2.32. The van der Waals surface area contributed by atoms with E-state index >= 15 is 0 Å². The van der Waals surface area contributed by atoms with E-state index in [0.29, 0.717) is 13.2 Å². The third-order valence-electron chi connectivity index (χ3n) is 3.42. The van der Waals surface area contributed by atoms with Crippen molar-refractivity contribution >= 4 is 23.4 Å². The molecule has 2 rings (SSSR count). The van der Waals surface area contributed by atoms with E-state index in [9.17, 15) is 4.79 Å². The summed E-state index contributed by atoms with van der Waals surface area (Å²) in [4.78, 5) is 14.6. The van der Waals surface area contributed by atoms with Gasteiger partial charge in [-0.2, -0.15) is 0 Å². The van der Waals surface area contributed by atoms with Crippen molar-refractivity contribution in [1.82, 2.24) is 0 Å². The summed E-state index contributed by atoms with van der Waals surface area (Å²) >= 11 is 1.73. The number of hydrogen-bond acceptors (Lipinski definition) is 4. The van der Waals surface area contributed by atoms with Gasteiger partial charge in [-0.3, -0.25) is 4.79 Å². The van der Waals surface area contributed by atoms with Crippen LogP contribution in [0, 0.1) is 0 Å². The number of carbonyl (C=O) groups is 1. The average Bonchev–Trinajstić information content (AvgIpc) is 2.88. The molecule has 1 aliphatic rings. The van der Waals surface area contributed by atoms with E-state index in [-0.39, 0.29) is 12.2 Å². The molecule has 1 aromatic carbocycles. The van der Waals surface area contributed by atoms with Crippen LogP contribution in [0.5, 0.6) is 0 Å². The molecule has 4 nitrogen and oxygen atoms in total. The number of ether oxygens (including phenoxy) is 2. The summed E-state index contributed by atoms with van der Waals surface area (Å²) in [6.45, 7) is 7.67. The number of amides is 1. The van der Waals surface area contributed by atoms with Gasteiger partial charge in [-0.1, -0.05) is 0 Å². The van der Waals surface area contributed by atoms with Crippen molar-refractivity contribution < 1.29 is 14.3 Å². The van der Waals surface area contributed by atoms with Gasteiger partial charge in [0.1, 0.15) is 0 Å². The van der Waals surface area contributed by atoms with Crippen molar-refractivity contribution in [2.75, 3.05) is 30.4 Å². The molecule has 5 heteroatoms. The molecule has 0 N–H and O–H groups in total. The molecule has 21 heavy (non-hydrogen) atoms. The molecule has 1 aliphatic heterocycles. The van der Waals surface area contributed by atoms with Crippen molar-refractivity contribution in [2.45, 2.75) is 38.4 Å². The molecular weight excluding hydrogens is 286 g/mol. The molecule has 0 aromatic heterocycles. The number of benzene rings is 1. The largest absolute Gasteiger partial charge is 0.352 e. The molecule has 116 valence electrons. The second kappa shape index (κ2) is 7.82. The number of nitrogens with zero attached hydrogens (tertiary/aromatic N) is 1. The molecule has 0 atom stereocenters. The predicted molar refractivity (Wildman–Crippen MR) is 85.9 cm³/mol. The van der Waals surface area contributed by atoms with Crippen LogP contribution in [0.2, 0.25) is 0 Å². The van der Waals surface area contributed by atoms with Crippen molar-refractivity contribution in [3.63, 3.8) is 0 Å².